The van der Waals surface area contributed by atoms with Crippen molar-refractivity contribution in [3.63, 3.8) is 0 Å². The monoisotopic (exact) mass is 906 g/mol. The number of aliphatic hydroxyl groups excluding tert-OH is 1. The van der Waals surface area contributed by atoms with Gasteiger partial charge in [-0.1, -0.05) is 222 Å². The van der Waals surface area contributed by atoms with Crippen LogP contribution in [-0.2, 0) is 18.4 Å². The van der Waals surface area contributed by atoms with Crippen LogP contribution in [0.15, 0.2) is 60.8 Å². The highest BCUT2D eigenvalue weighted by Gasteiger charge is 2.28. The molecule has 0 saturated carbocycles. The zero-order valence-electron chi connectivity index (χ0n) is 41.8. The van der Waals surface area contributed by atoms with E-state index in [-0.39, 0.29) is 19.1 Å². The molecule has 368 valence electrons. The van der Waals surface area contributed by atoms with Gasteiger partial charge in [0.2, 0.25) is 5.91 Å². The topological polar surface area (TPSA) is 105 Å². The number of amides is 1. The molecule has 3 unspecified atom stereocenters. The largest absolute Gasteiger partial charge is 0.472 e. The average molecular weight is 906 g/mol. The zero-order valence-corrected chi connectivity index (χ0v) is 42.7. The maximum absolute atomic E-state index is 12.9. The second-order valence-electron chi connectivity index (χ2n) is 18.9. The van der Waals surface area contributed by atoms with E-state index in [0.29, 0.717) is 23.9 Å². The first-order valence-electron chi connectivity index (χ1n) is 26.2. The van der Waals surface area contributed by atoms with Crippen LogP contribution in [0.5, 0.6) is 0 Å². The number of hydrogen-bond acceptors (Lipinski definition) is 5. The second kappa shape index (κ2) is 45.4. The summed E-state index contributed by atoms with van der Waals surface area (Å²) in [4.78, 5) is 23.1. The molecular formula is C54H102N2O6P+. The molecule has 63 heavy (non-hydrogen) atoms. The number of carbonyl (C=O) groups is 1. The predicted octanol–water partition coefficient (Wildman–Crippen LogP) is 15.4. The van der Waals surface area contributed by atoms with E-state index in [9.17, 15) is 19.4 Å². The van der Waals surface area contributed by atoms with Crippen LogP contribution in [-0.4, -0.2) is 73.4 Å². The molecule has 3 atom stereocenters. The number of allylic oxidation sites excluding steroid dienone is 10. The van der Waals surface area contributed by atoms with Crippen LogP contribution in [0.25, 0.3) is 0 Å². The van der Waals surface area contributed by atoms with Crippen molar-refractivity contribution >= 4 is 13.7 Å². The van der Waals surface area contributed by atoms with Crippen molar-refractivity contribution in [3.05, 3.63) is 60.8 Å². The van der Waals surface area contributed by atoms with Crippen molar-refractivity contribution < 1.29 is 32.9 Å². The van der Waals surface area contributed by atoms with E-state index in [0.717, 1.165) is 70.6 Å². The lowest BCUT2D eigenvalue weighted by atomic mass is 10.0. The molecule has 0 aliphatic carbocycles. The number of hydrogen-bond donors (Lipinski definition) is 3. The third-order valence-corrected chi connectivity index (χ3v) is 12.5. The minimum Gasteiger partial charge on any atom is -0.391 e. The molecule has 0 aromatic carbocycles. The van der Waals surface area contributed by atoms with E-state index in [1.54, 1.807) is 0 Å². The van der Waals surface area contributed by atoms with E-state index in [1.807, 2.05) is 21.1 Å². The van der Waals surface area contributed by atoms with Gasteiger partial charge in [-0.25, -0.2) is 4.57 Å². The first-order valence-corrected chi connectivity index (χ1v) is 27.6. The fraction of sp³-hybridized carbons (Fsp3) is 0.796. The van der Waals surface area contributed by atoms with Crippen molar-refractivity contribution in [2.45, 2.75) is 238 Å². The van der Waals surface area contributed by atoms with Crippen molar-refractivity contribution in [2.75, 3.05) is 40.9 Å². The first kappa shape index (κ1) is 61.2. The van der Waals surface area contributed by atoms with Crippen molar-refractivity contribution in [3.8, 4) is 0 Å². The lowest BCUT2D eigenvalue weighted by molar-refractivity contribution is -0.870. The number of quaternary nitrogens is 1. The van der Waals surface area contributed by atoms with Crippen LogP contribution in [0.2, 0.25) is 0 Å². The number of likely N-dealkylation sites (N-methyl/N-ethyl adjacent to an activating group) is 1. The highest BCUT2D eigenvalue weighted by Crippen LogP contribution is 2.43. The minimum absolute atomic E-state index is 0.0738. The van der Waals surface area contributed by atoms with Gasteiger partial charge in [0.05, 0.1) is 39.9 Å². The maximum atomic E-state index is 12.9. The van der Waals surface area contributed by atoms with Gasteiger partial charge in [-0.05, 0) is 57.8 Å². The lowest BCUT2D eigenvalue weighted by Crippen LogP contribution is -2.46. The van der Waals surface area contributed by atoms with E-state index >= 15 is 0 Å². The van der Waals surface area contributed by atoms with Crippen LogP contribution in [0.1, 0.15) is 226 Å². The molecule has 1 amide bonds. The van der Waals surface area contributed by atoms with Gasteiger partial charge in [0.25, 0.3) is 0 Å². The van der Waals surface area contributed by atoms with E-state index in [4.69, 9.17) is 9.05 Å². The van der Waals surface area contributed by atoms with Crippen LogP contribution in [0.3, 0.4) is 0 Å². The maximum Gasteiger partial charge on any atom is 0.472 e. The lowest BCUT2D eigenvalue weighted by Gasteiger charge is -2.26. The Bertz CT molecular complexity index is 1210. The molecule has 0 saturated heterocycles. The number of phosphoric acid groups is 1. The van der Waals surface area contributed by atoms with Gasteiger partial charge in [0.15, 0.2) is 0 Å². The zero-order chi connectivity index (χ0) is 46.4. The number of nitrogens with one attached hydrogen (secondary N) is 1. The SMILES string of the molecule is CC/C=C\C/C=C\C/C=C\C/C=C\C/C=C\CCCCCCCCCCCCCCCCCCCC(=O)NC(COP(=O)(O)OCC[N+](C)(C)C)C(O)CCCCCCCCCC. The number of aliphatic hydroxyl groups is 1. The molecule has 0 aromatic rings. The van der Waals surface area contributed by atoms with E-state index in [2.05, 4.69) is 79.9 Å². The fourth-order valence-electron chi connectivity index (χ4n) is 7.43. The summed E-state index contributed by atoms with van der Waals surface area (Å²) < 4.78 is 23.6. The molecule has 8 nitrogen and oxygen atoms in total. The molecule has 0 radical (unpaired) electrons. The Kier molecular flexibility index (Phi) is 44.1. The molecular weight excluding hydrogens is 804 g/mol. The van der Waals surface area contributed by atoms with Crippen LogP contribution < -0.4 is 5.32 Å². The number of unbranched alkanes of at least 4 members (excludes halogenated alkanes) is 24. The Morgan fingerprint density at radius 3 is 1.40 bits per heavy atom. The third-order valence-electron chi connectivity index (χ3n) is 11.5. The van der Waals surface area contributed by atoms with Gasteiger partial charge in [-0.2, -0.15) is 0 Å². The normalized spacial score (nSPS) is 14.6. The molecule has 3 N–H and O–H groups in total. The Hall–Kier alpha value is -1.80. The molecule has 0 aromatic heterocycles. The molecule has 9 heteroatoms. The number of carbonyl (C=O) groups excluding carboxylic acids is 1. The summed E-state index contributed by atoms with van der Waals surface area (Å²) in [7, 11) is 1.61. The summed E-state index contributed by atoms with van der Waals surface area (Å²) in [5.41, 5.74) is 0. The van der Waals surface area contributed by atoms with Gasteiger partial charge >= 0.3 is 7.82 Å². The van der Waals surface area contributed by atoms with Crippen LogP contribution >= 0.6 is 7.82 Å². The molecule has 0 bridgehead atoms. The Morgan fingerprint density at radius 2 is 0.952 bits per heavy atom. The first-order chi connectivity index (χ1) is 30.5. The highest BCUT2D eigenvalue weighted by atomic mass is 31.2. The second-order valence-corrected chi connectivity index (χ2v) is 20.3. The Labute approximate surface area is 390 Å². The summed E-state index contributed by atoms with van der Waals surface area (Å²) >= 11 is 0. The van der Waals surface area contributed by atoms with Gasteiger partial charge in [-0.3, -0.25) is 13.8 Å². The molecule has 0 fully saturated rings. The van der Waals surface area contributed by atoms with E-state index < -0.39 is 20.0 Å². The van der Waals surface area contributed by atoms with Gasteiger partial charge < -0.3 is 19.8 Å². The number of phosphoric ester groups is 1. The summed E-state index contributed by atoms with van der Waals surface area (Å²) in [6.45, 7) is 4.74. The number of nitrogens with zero attached hydrogens (tertiary/aromatic N) is 1. The fourth-order valence-corrected chi connectivity index (χ4v) is 8.16. The smallest absolute Gasteiger partial charge is 0.391 e. The summed E-state index contributed by atoms with van der Waals surface area (Å²) in [5, 5.41) is 13.9. The average Bonchev–Trinajstić information content (AvgIpc) is 3.24. The molecule has 0 heterocycles. The summed E-state index contributed by atoms with van der Waals surface area (Å²) in [6, 6.07) is -0.758. The summed E-state index contributed by atoms with van der Waals surface area (Å²) in [5.74, 6) is -0.148. The molecule has 0 aliphatic rings. The van der Waals surface area contributed by atoms with E-state index in [1.165, 1.54) is 128 Å². The van der Waals surface area contributed by atoms with Gasteiger partial charge in [0, 0.05) is 6.42 Å². The molecule has 0 rings (SSSR count). The van der Waals surface area contributed by atoms with Crippen molar-refractivity contribution in [1.82, 2.24) is 5.32 Å². The predicted molar refractivity (Wildman–Crippen MR) is 272 cm³/mol. The molecule has 0 aliphatic heterocycles. The van der Waals surface area contributed by atoms with Crippen molar-refractivity contribution in [2.24, 2.45) is 0 Å². The standard InChI is InChI=1S/C54H101N2O6P/c1-6-8-10-12-14-16-17-18-19-20-21-22-23-24-25-26-27-28-29-30-31-32-33-34-35-36-37-38-39-40-42-44-46-48-54(58)55-52(51-62-63(59,60)61-50-49-56(3,4)5)53(57)47-45-43-41-15-13-11-9-7-2/h8,10,14,16,18-19,21-22,24-25,52-53,57H,6-7,9,11-13,15,17,20,23,26-51H2,1-5H3,(H-,55,58,59,60)/p+1/b10-8-,16-14-,19-18-,22-21-,25-24-. The van der Waals surface area contributed by atoms with Gasteiger partial charge in [0.1, 0.15) is 13.2 Å². The van der Waals surface area contributed by atoms with Crippen LogP contribution in [0.4, 0.5) is 0 Å². The van der Waals surface area contributed by atoms with Gasteiger partial charge in [-0.15, -0.1) is 0 Å². The van der Waals surface area contributed by atoms with Crippen molar-refractivity contribution in [1.29, 1.82) is 0 Å². The Balaban J connectivity index is 3.92. The third kappa shape index (κ3) is 48.0. The quantitative estimate of drug-likeness (QED) is 0.0243. The number of rotatable bonds is 47. The molecule has 0 spiro atoms. The minimum atomic E-state index is -4.31. The van der Waals surface area contributed by atoms with Crippen LogP contribution in [0, 0.1) is 0 Å². The Morgan fingerprint density at radius 1 is 0.556 bits per heavy atom. The summed E-state index contributed by atoms with van der Waals surface area (Å²) in [6.07, 6.45) is 60.1. The highest BCUT2D eigenvalue weighted by molar-refractivity contribution is 7.47.